The number of hydrogen-bond donors (Lipinski definition) is 3. The molecule has 6 nitrogen and oxygen atoms in total. The van der Waals surface area contributed by atoms with Gasteiger partial charge in [-0.25, -0.2) is 5.43 Å². The maximum absolute atomic E-state index is 11.7. The fourth-order valence-corrected chi connectivity index (χ4v) is 1.51. The molecular formula is C13H19IN4O2S. The first-order chi connectivity index (χ1) is 9.52. The largest absolute Gasteiger partial charge is 0.377 e. The number of halogens is 1. The molecule has 0 spiro atoms. The normalized spacial score (nSPS) is 10.5. The fourth-order valence-electron chi connectivity index (χ4n) is 1.37. The number of hydrogen-bond acceptors (Lipinski definition) is 4. The van der Waals surface area contributed by atoms with Crippen molar-refractivity contribution in [2.24, 2.45) is 10.8 Å². The lowest BCUT2D eigenvalue weighted by Gasteiger charge is -2.07. The number of carbonyl (C=O) groups excluding carboxylic acids is 2. The van der Waals surface area contributed by atoms with Crippen molar-refractivity contribution < 1.29 is 9.59 Å². The van der Waals surface area contributed by atoms with Gasteiger partial charge in [0, 0.05) is 18.5 Å². The van der Waals surface area contributed by atoms with Crippen LogP contribution in [0.1, 0.15) is 18.4 Å². The zero-order valence-corrected chi connectivity index (χ0v) is 15.0. The Labute approximate surface area is 145 Å². The Hall–Kier alpha value is -1.29. The van der Waals surface area contributed by atoms with Gasteiger partial charge in [0.15, 0.2) is 5.17 Å². The summed E-state index contributed by atoms with van der Waals surface area (Å²) < 4.78 is 0. The van der Waals surface area contributed by atoms with Gasteiger partial charge in [-0.1, -0.05) is 30.0 Å². The first-order valence-corrected chi connectivity index (χ1v) is 7.27. The van der Waals surface area contributed by atoms with Gasteiger partial charge in [-0.2, -0.15) is 0 Å². The third kappa shape index (κ3) is 7.90. The van der Waals surface area contributed by atoms with Crippen LogP contribution in [-0.4, -0.2) is 23.2 Å². The van der Waals surface area contributed by atoms with Crippen LogP contribution in [0.2, 0.25) is 0 Å². The Morgan fingerprint density at radius 1 is 1.24 bits per heavy atom. The third-order valence-electron chi connectivity index (χ3n) is 2.50. The van der Waals surface area contributed by atoms with Gasteiger partial charge in [-0.15, -0.1) is 29.1 Å². The molecule has 116 valence electrons. The number of anilines is 1. The number of nitrogens with one attached hydrogen (secondary N) is 2. The van der Waals surface area contributed by atoms with Gasteiger partial charge in [-0.05, 0) is 24.8 Å². The molecule has 1 aromatic carbocycles. The minimum absolute atomic E-state index is 0. The van der Waals surface area contributed by atoms with Crippen LogP contribution in [0.5, 0.6) is 0 Å². The number of para-hydroxylation sites is 1. The van der Waals surface area contributed by atoms with Crippen LogP contribution in [-0.2, 0) is 9.59 Å². The quantitative estimate of drug-likeness (QED) is 0.293. The summed E-state index contributed by atoms with van der Waals surface area (Å²) in [6, 6.07) is 7.46. The van der Waals surface area contributed by atoms with Crippen molar-refractivity contribution in [2.45, 2.75) is 19.8 Å². The molecule has 0 bridgehead atoms. The number of carbonyl (C=O) groups is 2. The predicted molar refractivity (Wildman–Crippen MR) is 97.7 cm³/mol. The number of hydrazone groups is 1. The Kier molecular flexibility index (Phi) is 9.80. The van der Waals surface area contributed by atoms with E-state index in [-0.39, 0.29) is 53.8 Å². The zero-order chi connectivity index (χ0) is 15.0. The Bertz CT molecular complexity index is 523. The lowest BCUT2D eigenvalue weighted by Crippen LogP contribution is -2.23. The summed E-state index contributed by atoms with van der Waals surface area (Å²) in [6.45, 7) is 1.90. The van der Waals surface area contributed by atoms with Crippen LogP contribution in [0.4, 0.5) is 5.69 Å². The number of thioether (sulfide) groups is 1. The molecule has 0 unspecified atom stereocenters. The van der Waals surface area contributed by atoms with Gasteiger partial charge in [-0.3, -0.25) is 9.59 Å². The molecule has 4 N–H and O–H groups in total. The summed E-state index contributed by atoms with van der Waals surface area (Å²) in [5.41, 5.74) is 9.43. The van der Waals surface area contributed by atoms with E-state index in [1.807, 2.05) is 31.2 Å². The highest BCUT2D eigenvalue weighted by Crippen LogP contribution is 2.13. The summed E-state index contributed by atoms with van der Waals surface area (Å²) in [6.07, 6.45) is 1.90. The molecule has 8 heteroatoms. The molecule has 0 aliphatic rings. The van der Waals surface area contributed by atoms with E-state index in [0.29, 0.717) is 0 Å². The average Bonchev–Trinajstić information content (AvgIpc) is 2.45. The Balaban J connectivity index is 0.00000400. The number of nitrogens with zero attached hydrogens (tertiary/aromatic N) is 1. The summed E-state index contributed by atoms with van der Waals surface area (Å²) >= 11 is 1.23. The van der Waals surface area contributed by atoms with Crippen LogP contribution in [0.15, 0.2) is 29.4 Å². The second-order valence-corrected chi connectivity index (χ2v) is 4.88. The molecule has 0 atom stereocenters. The van der Waals surface area contributed by atoms with Crippen molar-refractivity contribution in [1.82, 2.24) is 5.43 Å². The van der Waals surface area contributed by atoms with Gasteiger partial charge in [0.25, 0.3) is 0 Å². The number of benzene rings is 1. The molecule has 1 rings (SSSR count). The molecular weight excluding hydrogens is 403 g/mol. The molecule has 0 aliphatic carbocycles. The second-order valence-electron chi connectivity index (χ2n) is 4.05. The smallest absolute Gasteiger partial charge is 0.240 e. The minimum atomic E-state index is -0.345. The lowest BCUT2D eigenvalue weighted by atomic mass is 10.2. The van der Waals surface area contributed by atoms with Crippen molar-refractivity contribution in [3.05, 3.63) is 29.8 Å². The number of nitrogens with two attached hydrogens (primary N) is 1. The van der Waals surface area contributed by atoms with Gasteiger partial charge < -0.3 is 11.1 Å². The summed E-state index contributed by atoms with van der Waals surface area (Å²) in [4.78, 5) is 23.1. The van der Waals surface area contributed by atoms with Crippen LogP contribution in [0.3, 0.4) is 0 Å². The van der Waals surface area contributed by atoms with E-state index < -0.39 is 0 Å². The maximum Gasteiger partial charge on any atom is 0.240 e. The topological polar surface area (TPSA) is 96.6 Å². The van der Waals surface area contributed by atoms with Crippen molar-refractivity contribution in [1.29, 1.82) is 0 Å². The van der Waals surface area contributed by atoms with E-state index in [1.54, 1.807) is 6.26 Å². The lowest BCUT2D eigenvalue weighted by molar-refractivity contribution is -0.124. The maximum atomic E-state index is 11.7. The number of aryl methyl sites for hydroxylation is 1. The molecule has 0 aromatic heterocycles. The highest BCUT2D eigenvalue weighted by Gasteiger charge is 2.07. The molecule has 0 radical (unpaired) electrons. The number of rotatable bonds is 5. The summed E-state index contributed by atoms with van der Waals surface area (Å²) in [7, 11) is 0. The van der Waals surface area contributed by atoms with Gasteiger partial charge >= 0.3 is 0 Å². The van der Waals surface area contributed by atoms with E-state index in [1.165, 1.54) is 11.8 Å². The van der Waals surface area contributed by atoms with Crippen LogP contribution in [0.25, 0.3) is 0 Å². The predicted octanol–water partition coefficient (Wildman–Crippen LogP) is 2.04. The van der Waals surface area contributed by atoms with Crippen molar-refractivity contribution in [2.75, 3.05) is 11.6 Å². The highest BCUT2D eigenvalue weighted by molar-refractivity contribution is 14.0. The van der Waals surface area contributed by atoms with Gasteiger partial charge in [0.2, 0.25) is 11.8 Å². The van der Waals surface area contributed by atoms with Crippen LogP contribution >= 0.6 is 35.7 Å². The minimum Gasteiger partial charge on any atom is -0.377 e. The standard InChI is InChI=1S/C13H18N4O2S.HI/c1-9-5-3-4-6-10(9)15-11(18)7-8-12(19)16-17-13(14)20-2;/h3-6H,7-8H2,1-2H3,(H2,14,17)(H,15,18)(H,16,19);1H. The summed E-state index contributed by atoms with van der Waals surface area (Å²) in [5.74, 6) is -0.557. The highest BCUT2D eigenvalue weighted by atomic mass is 127. The second kappa shape index (κ2) is 10.4. The average molecular weight is 422 g/mol. The van der Waals surface area contributed by atoms with Gasteiger partial charge in [0.1, 0.15) is 0 Å². The molecule has 0 saturated heterocycles. The monoisotopic (exact) mass is 422 g/mol. The summed E-state index contributed by atoms with van der Waals surface area (Å²) in [5, 5.41) is 6.67. The molecule has 0 heterocycles. The van der Waals surface area contributed by atoms with E-state index >= 15 is 0 Å². The molecule has 21 heavy (non-hydrogen) atoms. The van der Waals surface area contributed by atoms with Gasteiger partial charge in [0.05, 0.1) is 0 Å². The van der Waals surface area contributed by atoms with Crippen molar-refractivity contribution in [3.63, 3.8) is 0 Å². The third-order valence-corrected chi connectivity index (χ3v) is 3.01. The van der Waals surface area contributed by atoms with Crippen molar-refractivity contribution >= 4 is 58.4 Å². The number of amidine groups is 1. The van der Waals surface area contributed by atoms with Crippen LogP contribution < -0.4 is 16.5 Å². The molecule has 1 aromatic rings. The SMILES string of the molecule is CS/C(N)=N/NC(=O)CCC(=O)Nc1ccccc1C.I. The molecule has 0 aliphatic heterocycles. The van der Waals surface area contributed by atoms with Crippen molar-refractivity contribution in [3.8, 4) is 0 Å². The fraction of sp³-hybridized carbons (Fsp3) is 0.308. The van der Waals surface area contributed by atoms with Crippen LogP contribution in [0, 0.1) is 6.92 Å². The van der Waals surface area contributed by atoms with E-state index in [9.17, 15) is 9.59 Å². The van der Waals surface area contributed by atoms with E-state index in [0.717, 1.165) is 11.3 Å². The molecule has 2 amide bonds. The molecule has 0 fully saturated rings. The van der Waals surface area contributed by atoms with E-state index in [2.05, 4.69) is 15.8 Å². The Morgan fingerprint density at radius 2 is 1.86 bits per heavy atom. The zero-order valence-electron chi connectivity index (χ0n) is 11.9. The first kappa shape index (κ1) is 19.7. The number of amides is 2. The molecule has 0 saturated carbocycles. The van der Waals surface area contributed by atoms with E-state index in [4.69, 9.17) is 5.73 Å². The Morgan fingerprint density at radius 3 is 2.48 bits per heavy atom. The first-order valence-electron chi connectivity index (χ1n) is 6.04.